The number of carboxylic acid groups (broad SMARTS) is 1. The molecule has 0 aliphatic rings. The van der Waals surface area contributed by atoms with E-state index in [1.165, 1.54) is 0 Å². The van der Waals surface area contributed by atoms with Crippen molar-refractivity contribution in [3.05, 3.63) is 29.6 Å². The van der Waals surface area contributed by atoms with Crippen LogP contribution in [0, 0.1) is 0 Å². The Labute approximate surface area is 123 Å². The predicted molar refractivity (Wildman–Crippen MR) is 83.7 cm³/mol. The molecule has 108 valence electrons. The Morgan fingerprint density at radius 2 is 2.15 bits per heavy atom. The standard InChI is InChI=1S/C15H20N2O2S/c1-5-12-16-13-10(14(18)19)7-6-8-11(13)17(12)9-15(2,3)20-4/h6-8H,5,9H2,1-4H3,(H,18,19). The van der Waals surface area contributed by atoms with Gasteiger partial charge in [0.25, 0.3) is 0 Å². The Hall–Kier alpha value is -1.49. The van der Waals surface area contributed by atoms with Gasteiger partial charge in [0, 0.05) is 17.7 Å². The zero-order chi connectivity index (χ0) is 14.9. The minimum atomic E-state index is -0.924. The molecule has 0 bridgehead atoms. The molecule has 0 radical (unpaired) electrons. The van der Waals surface area contributed by atoms with Gasteiger partial charge < -0.3 is 9.67 Å². The summed E-state index contributed by atoms with van der Waals surface area (Å²) in [5, 5.41) is 9.28. The zero-order valence-corrected chi connectivity index (χ0v) is 13.1. The molecule has 1 aromatic carbocycles. The maximum Gasteiger partial charge on any atom is 0.337 e. The van der Waals surface area contributed by atoms with Crippen LogP contribution in [0.2, 0.25) is 0 Å². The number of nitrogens with zero attached hydrogens (tertiary/aromatic N) is 2. The van der Waals surface area contributed by atoms with Gasteiger partial charge in [-0.2, -0.15) is 11.8 Å². The highest BCUT2D eigenvalue weighted by Gasteiger charge is 2.22. The van der Waals surface area contributed by atoms with Gasteiger partial charge in [0.05, 0.1) is 11.1 Å². The molecule has 0 saturated carbocycles. The first-order valence-corrected chi connectivity index (χ1v) is 7.88. The number of aromatic nitrogens is 2. The summed E-state index contributed by atoms with van der Waals surface area (Å²) in [5.41, 5.74) is 1.77. The predicted octanol–water partition coefficient (Wildman–Crippen LogP) is 3.44. The first-order chi connectivity index (χ1) is 9.39. The van der Waals surface area contributed by atoms with Crippen molar-refractivity contribution >= 4 is 28.8 Å². The van der Waals surface area contributed by atoms with Crippen LogP contribution in [-0.4, -0.2) is 31.6 Å². The summed E-state index contributed by atoms with van der Waals surface area (Å²) in [7, 11) is 0. The van der Waals surface area contributed by atoms with Gasteiger partial charge >= 0.3 is 5.97 Å². The van der Waals surface area contributed by atoms with Crippen molar-refractivity contribution in [2.45, 2.75) is 38.5 Å². The van der Waals surface area contributed by atoms with E-state index in [-0.39, 0.29) is 10.3 Å². The number of imidazole rings is 1. The first-order valence-electron chi connectivity index (χ1n) is 6.66. The molecule has 20 heavy (non-hydrogen) atoms. The summed E-state index contributed by atoms with van der Waals surface area (Å²) in [6.45, 7) is 7.23. The normalized spacial score (nSPS) is 12.0. The molecule has 1 N–H and O–H groups in total. The number of carbonyl (C=O) groups is 1. The topological polar surface area (TPSA) is 55.1 Å². The van der Waals surface area contributed by atoms with Gasteiger partial charge in [-0.05, 0) is 32.2 Å². The fourth-order valence-electron chi connectivity index (χ4n) is 2.26. The van der Waals surface area contributed by atoms with Crippen LogP contribution in [0.1, 0.15) is 37.0 Å². The maximum atomic E-state index is 11.3. The van der Waals surface area contributed by atoms with Crippen LogP contribution >= 0.6 is 11.8 Å². The fraction of sp³-hybridized carbons (Fsp3) is 0.467. The van der Waals surface area contributed by atoms with E-state index < -0.39 is 5.97 Å². The lowest BCUT2D eigenvalue weighted by molar-refractivity contribution is 0.0699. The highest BCUT2D eigenvalue weighted by Crippen LogP contribution is 2.28. The highest BCUT2D eigenvalue weighted by molar-refractivity contribution is 7.99. The van der Waals surface area contributed by atoms with Crippen LogP contribution in [0.15, 0.2) is 18.2 Å². The molecule has 0 aliphatic heterocycles. The van der Waals surface area contributed by atoms with E-state index in [1.54, 1.807) is 23.9 Å². The monoisotopic (exact) mass is 292 g/mol. The average Bonchev–Trinajstić information content (AvgIpc) is 2.76. The molecule has 0 spiro atoms. The quantitative estimate of drug-likeness (QED) is 0.917. The number of para-hydroxylation sites is 1. The number of hydrogen-bond acceptors (Lipinski definition) is 3. The van der Waals surface area contributed by atoms with Crippen molar-refractivity contribution in [2.75, 3.05) is 6.26 Å². The first kappa shape index (κ1) is 14.9. The van der Waals surface area contributed by atoms with Crippen molar-refractivity contribution < 1.29 is 9.90 Å². The number of benzene rings is 1. The zero-order valence-electron chi connectivity index (χ0n) is 12.3. The van der Waals surface area contributed by atoms with E-state index in [0.29, 0.717) is 5.52 Å². The van der Waals surface area contributed by atoms with Crippen molar-refractivity contribution in [3.63, 3.8) is 0 Å². The van der Waals surface area contributed by atoms with Gasteiger partial charge in [-0.3, -0.25) is 0 Å². The lowest BCUT2D eigenvalue weighted by atomic mass is 10.1. The summed E-state index contributed by atoms with van der Waals surface area (Å²) in [4.78, 5) is 15.9. The molecule has 0 aliphatic carbocycles. The van der Waals surface area contributed by atoms with Gasteiger partial charge in [-0.1, -0.05) is 13.0 Å². The number of hydrogen-bond donors (Lipinski definition) is 1. The maximum absolute atomic E-state index is 11.3. The van der Waals surface area contributed by atoms with Crippen molar-refractivity contribution in [2.24, 2.45) is 0 Å². The summed E-state index contributed by atoms with van der Waals surface area (Å²) in [5.74, 6) is 0.0165. The molecule has 2 aromatic rings. The van der Waals surface area contributed by atoms with Crippen LogP contribution < -0.4 is 0 Å². The third-order valence-electron chi connectivity index (χ3n) is 3.50. The third-order valence-corrected chi connectivity index (χ3v) is 4.73. The molecule has 5 heteroatoms. The Morgan fingerprint density at radius 1 is 1.45 bits per heavy atom. The van der Waals surface area contributed by atoms with Crippen molar-refractivity contribution in [1.82, 2.24) is 9.55 Å². The molecule has 0 unspecified atom stereocenters. The minimum absolute atomic E-state index is 0.0801. The van der Waals surface area contributed by atoms with Crippen LogP contribution in [-0.2, 0) is 13.0 Å². The van der Waals surface area contributed by atoms with E-state index in [0.717, 1.165) is 24.3 Å². The molecular formula is C15H20N2O2S. The third kappa shape index (κ3) is 2.68. The molecule has 0 fully saturated rings. The number of aryl methyl sites for hydroxylation is 1. The van der Waals surface area contributed by atoms with Gasteiger partial charge in [-0.15, -0.1) is 0 Å². The summed E-state index contributed by atoms with van der Waals surface area (Å²) >= 11 is 1.80. The van der Waals surface area contributed by atoms with Crippen LogP contribution in [0.25, 0.3) is 11.0 Å². The van der Waals surface area contributed by atoms with Crippen LogP contribution in [0.3, 0.4) is 0 Å². The molecule has 0 saturated heterocycles. The van der Waals surface area contributed by atoms with Crippen LogP contribution in [0.4, 0.5) is 0 Å². The average molecular weight is 292 g/mol. The number of fused-ring (bicyclic) bond motifs is 1. The molecule has 1 aromatic heterocycles. The second-order valence-electron chi connectivity index (χ2n) is 5.41. The number of aromatic carboxylic acids is 1. The smallest absolute Gasteiger partial charge is 0.337 e. The minimum Gasteiger partial charge on any atom is -0.478 e. The molecule has 2 rings (SSSR count). The molecule has 0 amide bonds. The van der Waals surface area contributed by atoms with Gasteiger partial charge in [0.2, 0.25) is 0 Å². The second kappa shape index (κ2) is 5.48. The van der Waals surface area contributed by atoms with Crippen molar-refractivity contribution in [1.29, 1.82) is 0 Å². The Kier molecular flexibility index (Phi) is 4.09. The Bertz CT molecular complexity index is 647. The van der Waals surface area contributed by atoms with E-state index in [9.17, 15) is 9.90 Å². The van der Waals surface area contributed by atoms with Gasteiger partial charge in [0.15, 0.2) is 0 Å². The van der Waals surface area contributed by atoms with Crippen molar-refractivity contribution in [3.8, 4) is 0 Å². The SMILES string of the molecule is CCc1nc2c(C(=O)O)cccc2n1CC(C)(C)SC. The van der Waals surface area contributed by atoms with Gasteiger partial charge in [-0.25, -0.2) is 9.78 Å². The number of thioether (sulfide) groups is 1. The summed E-state index contributed by atoms with van der Waals surface area (Å²) in [6, 6.07) is 5.35. The molecular weight excluding hydrogens is 272 g/mol. The number of rotatable bonds is 5. The molecule has 4 nitrogen and oxygen atoms in total. The Morgan fingerprint density at radius 3 is 2.70 bits per heavy atom. The van der Waals surface area contributed by atoms with E-state index in [4.69, 9.17) is 0 Å². The Balaban J connectivity index is 2.64. The number of carboxylic acids is 1. The van der Waals surface area contributed by atoms with E-state index in [1.807, 2.05) is 13.0 Å². The van der Waals surface area contributed by atoms with Crippen LogP contribution in [0.5, 0.6) is 0 Å². The van der Waals surface area contributed by atoms with Gasteiger partial charge in [0.1, 0.15) is 11.3 Å². The van der Waals surface area contributed by atoms with E-state index in [2.05, 4.69) is 29.7 Å². The fourth-order valence-corrected chi connectivity index (χ4v) is 2.52. The molecule has 0 atom stereocenters. The summed E-state index contributed by atoms with van der Waals surface area (Å²) in [6.07, 6.45) is 2.88. The second-order valence-corrected chi connectivity index (χ2v) is 6.92. The highest BCUT2D eigenvalue weighted by atomic mass is 32.2. The lowest BCUT2D eigenvalue weighted by Gasteiger charge is -2.24. The summed E-state index contributed by atoms with van der Waals surface area (Å²) < 4.78 is 2.23. The molecule has 1 heterocycles. The van der Waals surface area contributed by atoms with E-state index >= 15 is 0 Å². The lowest BCUT2D eigenvalue weighted by Crippen LogP contribution is -2.23. The largest absolute Gasteiger partial charge is 0.478 e.